The van der Waals surface area contributed by atoms with E-state index in [2.05, 4.69) is 15.3 Å². The van der Waals surface area contributed by atoms with Gasteiger partial charge in [-0.1, -0.05) is 6.07 Å². The topological polar surface area (TPSA) is 57.8 Å². The molecule has 0 aliphatic carbocycles. The van der Waals surface area contributed by atoms with Crippen molar-refractivity contribution >= 4 is 16.9 Å². The van der Waals surface area contributed by atoms with Crippen molar-refractivity contribution < 1.29 is 4.79 Å². The lowest BCUT2D eigenvalue weighted by Gasteiger charge is -2.07. The number of imidazole rings is 1. The molecule has 0 atom stereocenters. The standard InChI is InChI=1S/C12H15N3O/c1-8(2)15-12(16)6-9-3-4-10-11(5-9)14-7-13-10/h3-5,7-8H,6H2,1-2H3,(H,13,14)(H,15,16). The second-order valence-corrected chi connectivity index (χ2v) is 4.15. The molecule has 0 radical (unpaired) electrons. The maximum Gasteiger partial charge on any atom is 0.224 e. The van der Waals surface area contributed by atoms with Crippen molar-refractivity contribution in [2.75, 3.05) is 0 Å². The van der Waals surface area contributed by atoms with Crippen molar-refractivity contribution in [1.29, 1.82) is 0 Å². The lowest BCUT2D eigenvalue weighted by Crippen LogP contribution is -2.31. The van der Waals surface area contributed by atoms with Crippen molar-refractivity contribution in [1.82, 2.24) is 15.3 Å². The highest BCUT2D eigenvalue weighted by Crippen LogP contribution is 2.11. The second-order valence-electron chi connectivity index (χ2n) is 4.15. The summed E-state index contributed by atoms with van der Waals surface area (Å²) >= 11 is 0. The van der Waals surface area contributed by atoms with Crippen molar-refractivity contribution in [3.05, 3.63) is 30.1 Å². The van der Waals surface area contributed by atoms with Gasteiger partial charge in [0.15, 0.2) is 0 Å². The van der Waals surface area contributed by atoms with E-state index >= 15 is 0 Å². The Labute approximate surface area is 94.1 Å². The fraction of sp³-hybridized carbons (Fsp3) is 0.333. The molecule has 4 nitrogen and oxygen atoms in total. The maximum atomic E-state index is 11.6. The number of aromatic nitrogens is 2. The van der Waals surface area contributed by atoms with Crippen LogP contribution in [0.1, 0.15) is 19.4 Å². The third kappa shape index (κ3) is 2.39. The van der Waals surface area contributed by atoms with E-state index < -0.39 is 0 Å². The Hall–Kier alpha value is -1.84. The van der Waals surface area contributed by atoms with Crippen LogP contribution in [-0.2, 0) is 11.2 Å². The summed E-state index contributed by atoms with van der Waals surface area (Å²) < 4.78 is 0. The van der Waals surface area contributed by atoms with Gasteiger partial charge in [-0.3, -0.25) is 4.79 Å². The van der Waals surface area contributed by atoms with Gasteiger partial charge in [-0.25, -0.2) is 4.98 Å². The molecule has 0 aliphatic rings. The molecule has 1 heterocycles. The average molecular weight is 217 g/mol. The smallest absolute Gasteiger partial charge is 0.224 e. The summed E-state index contributed by atoms with van der Waals surface area (Å²) in [4.78, 5) is 18.7. The van der Waals surface area contributed by atoms with E-state index in [1.807, 2.05) is 32.0 Å². The quantitative estimate of drug-likeness (QED) is 0.821. The highest BCUT2D eigenvalue weighted by molar-refractivity contribution is 5.81. The van der Waals surface area contributed by atoms with E-state index in [1.54, 1.807) is 6.33 Å². The van der Waals surface area contributed by atoms with Gasteiger partial charge in [0.1, 0.15) is 0 Å². The zero-order valence-electron chi connectivity index (χ0n) is 9.45. The Balaban J connectivity index is 2.11. The molecule has 2 rings (SSSR count). The van der Waals surface area contributed by atoms with Gasteiger partial charge in [0.05, 0.1) is 23.8 Å². The van der Waals surface area contributed by atoms with Gasteiger partial charge < -0.3 is 10.3 Å². The molecule has 0 bridgehead atoms. The van der Waals surface area contributed by atoms with Gasteiger partial charge in [0, 0.05) is 6.04 Å². The number of carbonyl (C=O) groups is 1. The molecule has 0 fully saturated rings. The molecule has 16 heavy (non-hydrogen) atoms. The van der Waals surface area contributed by atoms with Crippen molar-refractivity contribution in [3.63, 3.8) is 0 Å². The van der Waals surface area contributed by atoms with Gasteiger partial charge in [0.25, 0.3) is 0 Å². The average Bonchev–Trinajstić information content (AvgIpc) is 2.63. The molecule has 0 unspecified atom stereocenters. The third-order valence-electron chi connectivity index (χ3n) is 2.30. The highest BCUT2D eigenvalue weighted by Gasteiger charge is 2.05. The Morgan fingerprint density at radius 1 is 1.50 bits per heavy atom. The summed E-state index contributed by atoms with van der Waals surface area (Å²) in [6.45, 7) is 3.91. The Morgan fingerprint density at radius 3 is 3.06 bits per heavy atom. The number of rotatable bonds is 3. The number of hydrogen-bond donors (Lipinski definition) is 2. The number of aromatic amines is 1. The third-order valence-corrected chi connectivity index (χ3v) is 2.30. The highest BCUT2D eigenvalue weighted by atomic mass is 16.1. The van der Waals surface area contributed by atoms with E-state index in [-0.39, 0.29) is 11.9 Å². The van der Waals surface area contributed by atoms with Crippen LogP contribution in [-0.4, -0.2) is 21.9 Å². The number of fused-ring (bicyclic) bond motifs is 1. The van der Waals surface area contributed by atoms with Crippen LogP contribution in [0.5, 0.6) is 0 Å². The fourth-order valence-electron chi connectivity index (χ4n) is 1.65. The summed E-state index contributed by atoms with van der Waals surface area (Å²) in [5, 5.41) is 2.87. The first kappa shape index (κ1) is 10.7. The monoisotopic (exact) mass is 217 g/mol. The zero-order valence-corrected chi connectivity index (χ0v) is 9.45. The number of amides is 1. The van der Waals surface area contributed by atoms with Crippen molar-refractivity contribution in [2.24, 2.45) is 0 Å². The van der Waals surface area contributed by atoms with E-state index in [0.29, 0.717) is 6.42 Å². The van der Waals surface area contributed by atoms with Crippen molar-refractivity contribution in [3.8, 4) is 0 Å². The summed E-state index contributed by atoms with van der Waals surface area (Å²) in [6.07, 6.45) is 2.07. The zero-order chi connectivity index (χ0) is 11.5. The summed E-state index contributed by atoms with van der Waals surface area (Å²) in [5.41, 5.74) is 2.89. The van der Waals surface area contributed by atoms with Gasteiger partial charge in [-0.05, 0) is 31.5 Å². The molecule has 4 heteroatoms. The van der Waals surface area contributed by atoms with Crippen LogP contribution in [0.3, 0.4) is 0 Å². The summed E-state index contributed by atoms with van der Waals surface area (Å²) in [5.74, 6) is 0.0499. The summed E-state index contributed by atoms with van der Waals surface area (Å²) in [7, 11) is 0. The van der Waals surface area contributed by atoms with Crippen LogP contribution in [0, 0.1) is 0 Å². The van der Waals surface area contributed by atoms with Gasteiger partial charge in [-0.2, -0.15) is 0 Å². The molecule has 0 saturated carbocycles. The SMILES string of the molecule is CC(C)NC(=O)Cc1ccc2nc[nH]c2c1. The minimum Gasteiger partial charge on any atom is -0.354 e. The van der Waals surface area contributed by atoms with E-state index in [4.69, 9.17) is 0 Å². The lowest BCUT2D eigenvalue weighted by atomic mass is 10.1. The molecule has 0 spiro atoms. The Bertz CT molecular complexity index is 502. The van der Waals surface area contributed by atoms with Crippen LogP contribution in [0.15, 0.2) is 24.5 Å². The number of carbonyl (C=O) groups excluding carboxylic acids is 1. The molecule has 84 valence electrons. The van der Waals surface area contributed by atoms with Crippen LogP contribution in [0.2, 0.25) is 0 Å². The van der Waals surface area contributed by atoms with Gasteiger partial charge in [0.2, 0.25) is 5.91 Å². The lowest BCUT2D eigenvalue weighted by molar-refractivity contribution is -0.120. The van der Waals surface area contributed by atoms with E-state index in [1.165, 1.54) is 0 Å². The molecule has 1 aromatic carbocycles. The van der Waals surface area contributed by atoms with Crippen molar-refractivity contribution in [2.45, 2.75) is 26.3 Å². The Kier molecular flexibility index (Phi) is 2.90. The van der Waals surface area contributed by atoms with E-state index in [9.17, 15) is 4.79 Å². The van der Waals surface area contributed by atoms with Crippen LogP contribution in [0.4, 0.5) is 0 Å². The van der Waals surface area contributed by atoms with Crippen LogP contribution in [0.25, 0.3) is 11.0 Å². The first-order valence-corrected chi connectivity index (χ1v) is 5.36. The normalized spacial score (nSPS) is 10.9. The Morgan fingerprint density at radius 2 is 2.31 bits per heavy atom. The first-order valence-electron chi connectivity index (χ1n) is 5.36. The van der Waals surface area contributed by atoms with Crippen LogP contribution < -0.4 is 5.32 Å². The number of nitrogens with one attached hydrogen (secondary N) is 2. The molecule has 2 aromatic rings. The predicted octanol–water partition coefficient (Wildman–Crippen LogP) is 1.63. The minimum absolute atomic E-state index is 0.0499. The first-order chi connectivity index (χ1) is 7.65. The van der Waals surface area contributed by atoms with Gasteiger partial charge >= 0.3 is 0 Å². The molecule has 2 N–H and O–H groups in total. The predicted molar refractivity (Wildman–Crippen MR) is 63.1 cm³/mol. The molecule has 1 amide bonds. The van der Waals surface area contributed by atoms with Gasteiger partial charge in [-0.15, -0.1) is 0 Å². The molecule has 0 saturated heterocycles. The molecular weight excluding hydrogens is 202 g/mol. The number of hydrogen-bond acceptors (Lipinski definition) is 2. The maximum absolute atomic E-state index is 11.6. The molecule has 1 aromatic heterocycles. The van der Waals surface area contributed by atoms with Crippen LogP contribution >= 0.6 is 0 Å². The molecular formula is C12H15N3O. The summed E-state index contributed by atoms with van der Waals surface area (Å²) in [6, 6.07) is 6.00. The number of benzene rings is 1. The minimum atomic E-state index is 0.0499. The largest absolute Gasteiger partial charge is 0.354 e. The second kappa shape index (κ2) is 4.35. The van der Waals surface area contributed by atoms with E-state index in [0.717, 1.165) is 16.6 Å². The number of H-pyrrole nitrogens is 1. The molecule has 0 aliphatic heterocycles. The fourth-order valence-corrected chi connectivity index (χ4v) is 1.65. The number of nitrogens with zero attached hydrogens (tertiary/aromatic N) is 1.